The van der Waals surface area contributed by atoms with Crippen molar-refractivity contribution in [2.75, 3.05) is 30.4 Å². The number of nitrogens with two attached hydrogens (primary N) is 1. The van der Waals surface area contributed by atoms with Gasteiger partial charge in [-0.2, -0.15) is 9.97 Å². The van der Waals surface area contributed by atoms with Crippen LogP contribution in [0.15, 0.2) is 24.5 Å². The summed E-state index contributed by atoms with van der Waals surface area (Å²) in [6.07, 6.45) is 3.16. The van der Waals surface area contributed by atoms with Crippen LogP contribution in [0.3, 0.4) is 0 Å². The molecule has 0 bridgehead atoms. The lowest BCUT2D eigenvalue weighted by atomic mass is 9.72. The number of aliphatic hydroxyl groups is 1. The first kappa shape index (κ1) is 21.0. The minimum atomic E-state index is -0.779. The third-order valence-corrected chi connectivity index (χ3v) is 6.90. The Balaban J connectivity index is 1.48. The van der Waals surface area contributed by atoms with E-state index in [1.807, 2.05) is 0 Å². The number of fused-ring (bicyclic) bond motifs is 4. The van der Waals surface area contributed by atoms with Crippen molar-refractivity contribution in [2.24, 2.45) is 17.6 Å². The molecule has 4 atom stereocenters. The second-order valence-electron chi connectivity index (χ2n) is 9.09. The summed E-state index contributed by atoms with van der Waals surface area (Å²) in [5, 5.41) is 14.1. The predicted molar refractivity (Wildman–Crippen MR) is 125 cm³/mol. The van der Waals surface area contributed by atoms with Crippen LogP contribution in [-0.4, -0.2) is 56.2 Å². The zero-order chi connectivity index (χ0) is 23.6. The zero-order valence-electron chi connectivity index (χ0n) is 18.8. The molecule has 4 aromatic rings. The van der Waals surface area contributed by atoms with Gasteiger partial charge in [0.15, 0.2) is 11.6 Å². The predicted octanol–water partition coefficient (Wildman–Crippen LogP) is 2.71. The van der Waals surface area contributed by atoms with Crippen LogP contribution in [0.25, 0.3) is 21.9 Å². The lowest BCUT2D eigenvalue weighted by molar-refractivity contribution is 0.188. The Labute approximate surface area is 194 Å². The number of H-pyrrole nitrogens is 1. The second kappa shape index (κ2) is 7.74. The Bertz CT molecular complexity index is 1390. The number of nitrogens with zero attached hydrogens (tertiary/aromatic N) is 5. The van der Waals surface area contributed by atoms with E-state index in [9.17, 15) is 9.50 Å². The largest absolute Gasteiger partial charge is 0.421 e. The number of benzene rings is 1. The number of hydrogen-bond donors (Lipinski definition) is 4. The standard InChI is InChI=1S/C23H25FN8O2/c1-10(33)20-27-6-13(7-28-20)34-23-30-21-18(14-4-12(24)5-17(26-2)19(14)29-21)22(31-23)32-8-11-3-16(25)15(11)9-32/h4-7,10-11,15-16,26,33H,3,8-9,25H2,1-2H3,(H,29,30,31)/t10?,11?,15?,16-/m1/s1. The SMILES string of the molecule is CNc1cc(F)cc2c1[nH]c1nc(Oc3cnc(C(C)O)nc3)nc(N3CC4C[C@@H](N)C4C3)c12. The quantitative estimate of drug-likeness (QED) is 0.351. The summed E-state index contributed by atoms with van der Waals surface area (Å²) >= 11 is 0. The van der Waals surface area contributed by atoms with Crippen molar-refractivity contribution in [1.82, 2.24) is 24.9 Å². The smallest absolute Gasteiger partial charge is 0.326 e. The number of aliphatic hydroxyl groups excluding tert-OH is 1. The highest BCUT2D eigenvalue weighted by molar-refractivity contribution is 6.14. The number of aromatic nitrogens is 5. The molecule has 0 amide bonds. The number of ether oxygens (including phenoxy) is 1. The first-order chi connectivity index (χ1) is 16.4. The molecule has 1 aliphatic carbocycles. The zero-order valence-corrected chi connectivity index (χ0v) is 18.8. The third-order valence-electron chi connectivity index (χ3n) is 6.90. The molecule has 3 aromatic heterocycles. The number of nitrogens with one attached hydrogen (secondary N) is 2. The van der Waals surface area contributed by atoms with E-state index in [1.54, 1.807) is 14.0 Å². The minimum Gasteiger partial charge on any atom is -0.421 e. The molecule has 1 aliphatic heterocycles. The maximum absolute atomic E-state index is 14.5. The minimum absolute atomic E-state index is 0.123. The topological polar surface area (TPSA) is 138 Å². The lowest BCUT2D eigenvalue weighted by Crippen LogP contribution is -2.46. The molecule has 3 unspecified atom stereocenters. The molecule has 6 rings (SSSR count). The molecule has 1 aromatic carbocycles. The normalized spacial score (nSPS) is 22.6. The molecule has 2 aliphatic rings. The molecule has 0 radical (unpaired) electrons. The van der Waals surface area contributed by atoms with Crippen molar-refractivity contribution < 1.29 is 14.2 Å². The summed E-state index contributed by atoms with van der Waals surface area (Å²) in [4.78, 5) is 23.1. The molecule has 4 heterocycles. The summed E-state index contributed by atoms with van der Waals surface area (Å²) in [7, 11) is 1.75. The van der Waals surface area contributed by atoms with Gasteiger partial charge in [0.05, 0.1) is 29.0 Å². The Morgan fingerprint density at radius 1 is 1.26 bits per heavy atom. The Hall–Kier alpha value is -3.57. The van der Waals surface area contributed by atoms with Gasteiger partial charge in [0.1, 0.15) is 23.4 Å². The molecule has 5 N–H and O–H groups in total. The van der Waals surface area contributed by atoms with Gasteiger partial charge in [0.25, 0.3) is 0 Å². The van der Waals surface area contributed by atoms with Crippen molar-refractivity contribution >= 4 is 33.4 Å². The highest BCUT2D eigenvalue weighted by atomic mass is 19.1. The van der Waals surface area contributed by atoms with E-state index >= 15 is 0 Å². The van der Waals surface area contributed by atoms with Crippen molar-refractivity contribution in [3.8, 4) is 11.8 Å². The van der Waals surface area contributed by atoms with Crippen LogP contribution in [0.4, 0.5) is 15.9 Å². The fourth-order valence-electron chi connectivity index (χ4n) is 5.13. The van der Waals surface area contributed by atoms with Gasteiger partial charge in [-0.25, -0.2) is 14.4 Å². The van der Waals surface area contributed by atoms with Crippen molar-refractivity contribution in [3.05, 3.63) is 36.2 Å². The Kier molecular flexibility index (Phi) is 4.78. The molecule has 10 nitrogen and oxygen atoms in total. The first-order valence-corrected chi connectivity index (χ1v) is 11.3. The van der Waals surface area contributed by atoms with E-state index in [4.69, 9.17) is 15.5 Å². The van der Waals surface area contributed by atoms with Gasteiger partial charge in [-0.15, -0.1) is 0 Å². The number of aromatic amines is 1. The second-order valence-corrected chi connectivity index (χ2v) is 9.09. The highest BCUT2D eigenvalue weighted by Gasteiger charge is 2.46. The lowest BCUT2D eigenvalue weighted by Gasteiger charge is -2.36. The van der Waals surface area contributed by atoms with E-state index in [1.165, 1.54) is 24.5 Å². The van der Waals surface area contributed by atoms with Gasteiger partial charge in [0, 0.05) is 31.6 Å². The van der Waals surface area contributed by atoms with Gasteiger partial charge in [-0.1, -0.05) is 0 Å². The summed E-state index contributed by atoms with van der Waals surface area (Å²) in [5.74, 6) is 1.93. The molecule has 0 spiro atoms. The monoisotopic (exact) mass is 464 g/mol. The first-order valence-electron chi connectivity index (χ1n) is 11.3. The Morgan fingerprint density at radius 3 is 2.74 bits per heavy atom. The maximum Gasteiger partial charge on any atom is 0.326 e. The number of anilines is 2. The third kappa shape index (κ3) is 3.31. The number of hydrogen-bond acceptors (Lipinski definition) is 9. The fraction of sp³-hybridized carbons (Fsp3) is 0.391. The summed E-state index contributed by atoms with van der Waals surface area (Å²) < 4.78 is 20.4. The number of rotatable bonds is 5. The molecule has 34 heavy (non-hydrogen) atoms. The van der Waals surface area contributed by atoms with E-state index in [-0.39, 0.29) is 17.9 Å². The van der Waals surface area contributed by atoms with E-state index in [2.05, 4.69) is 30.2 Å². The molecular formula is C23H25FN8O2. The Morgan fingerprint density at radius 2 is 2.06 bits per heavy atom. The van der Waals surface area contributed by atoms with Crippen LogP contribution in [0.2, 0.25) is 0 Å². The van der Waals surface area contributed by atoms with Crippen molar-refractivity contribution in [3.63, 3.8) is 0 Å². The summed E-state index contributed by atoms with van der Waals surface area (Å²) in [6, 6.07) is 3.27. The van der Waals surface area contributed by atoms with E-state index < -0.39 is 6.10 Å². The summed E-state index contributed by atoms with van der Waals surface area (Å²) in [5.41, 5.74) is 8.15. The van der Waals surface area contributed by atoms with Crippen molar-refractivity contribution in [2.45, 2.75) is 25.5 Å². The van der Waals surface area contributed by atoms with Gasteiger partial charge < -0.3 is 30.8 Å². The van der Waals surface area contributed by atoms with Crippen LogP contribution in [0.1, 0.15) is 25.3 Å². The van der Waals surface area contributed by atoms with Crippen LogP contribution < -0.4 is 20.7 Å². The average molecular weight is 465 g/mol. The summed E-state index contributed by atoms with van der Waals surface area (Å²) in [6.45, 7) is 3.20. The average Bonchev–Trinajstić information content (AvgIpc) is 3.36. The van der Waals surface area contributed by atoms with Crippen LogP contribution in [0, 0.1) is 17.7 Å². The van der Waals surface area contributed by atoms with E-state index in [0.29, 0.717) is 45.9 Å². The van der Waals surface area contributed by atoms with Gasteiger partial charge in [0.2, 0.25) is 0 Å². The maximum atomic E-state index is 14.5. The van der Waals surface area contributed by atoms with Crippen LogP contribution in [0.5, 0.6) is 11.8 Å². The molecule has 1 saturated carbocycles. The molecule has 1 saturated heterocycles. The highest BCUT2D eigenvalue weighted by Crippen LogP contribution is 2.44. The molecular weight excluding hydrogens is 439 g/mol. The van der Waals surface area contributed by atoms with Crippen molar-refractivity contribution in [1.29, 1.82) is 0 Å². The van der Waals surface area contributed by atoms with Gasteiger partial charge in [-0.3, -0.25) is 0 Å². The van der Waals surface area contributed by atoms with Gasteiger partial charge >= 0.3 is 6.01 Å². The van der Waals surface area contributed by atoms with Crippen LogP contribution in [-0.2, 0) is 0 Å². The molecule has 11 heteroatoms. The van der Waals surface area contributed by atoms with E-state index in [0.717, 1.165) is 30.4 Å². The molecule has 176 valence electrons. The van der Waals surface area contributed by atoms with Crippen LogP contribution >= 0.6 is 0 Å². The number of halogens is 1. The molecule has 2 fully saturated rings. The fourth-order valence-corrected chi connectivity index (χ4v) is 5.13. The van der Waals surface area contributed by atoms with Gasteiger partial charge in [-0.05, 0) is 37.3 Å².